The van der Waals surface area contributed by atoms with Crippen molar-refractivity contribution in [1.29, 1.82) is 0 Å². The molecule has 7 nitrogen and oxygen atoms in total. The Bertz CT molecular complexity index is 836. The van der Waals surface area contributed by atoms with E-state index in [2.05, 4.69) is 15.4 Å². The molecule has 1 heterocycles. The van der Waals surface area contributed by atoms with Crippen molar-refractivity contribution in [3.63, 3.8) is 0 Å². The number of rotatable bonds is 11. The third-order valence-electron chi connectivity index (χ3n) is 6.99. The van der Waals surface area contributed by atoms with Crippen LogP contribution in [0.3, 0.4) is 0 Å². The number of hydrogen-bond donors (Lipinski definition) is 2. The zero-order valence-corrected chi connectivity index (χ0v) is 21.1. The first-order chi connectivity index (χ1) is 17.1. The van der Waals surface area contributed by atoms with E-state index < -0.39 is 6.36 Å². The topological polar surface area (TPSA) is 79.9 Å². The van der Waals surface area contributed by atoms with Gasteiger partial charge in [0.15, 0.2) is 0 Å². The number of halogens is 3. The van der Waals surface area contributed by atoms with Crippen LogP contribution in [0.2, 0.25) is 0 Å². The van der Waals surface area contributed by atoms with Crippen molar-refractivity contribution in [2.24, 2.45) is 17.8 Å². The second-order valence-electron chi connectivity index (χ2n) is 10.1. The fourth-order valence-electron chi connectivity index (χ4n) is 4.84. The molecule has 2 N–H and O–H groups in total. The van der Waals surface area contributed by atoms with Crippen molar-refractivity contribution in [2.45, 2.75) is 64.8 Å². The highest BCUT2D eigenvalue weighted by Crippen LogP contribution is 2.32. The number of carbonyl (C=O) groups excluding carboxylic acids is 2. The number of benzene rings is 1. The maximum Gasteiger partial charge on any atom is 0.573 e. The maximum atomic E-state index is 13.4. The lowest BCUT2D eigenvalue weighted by Crippen LogP contribution is -2.47. The Morgan fingerprint density at radius 3 is 2.33 bits per heavy atom. The average molecular weight is 514 g/mol. The number of carbonyl (C=O) groups is 2. The SMILES string of the molecule is CC(C)[C@@H](CNc1ccc(OC(F)(F)F)cc1)NC(=O)[C@@H](CC(=O)N1CCOCC1)CC1CCCC1. The highest BCUT2D eigenvalue weighted by atomic mass is 19.4. The fourth-order valence-corrected chi connectivity index (χ4v) is 4.84. The van der Waals surface area contributed by atoms with Crippen LogP contribution in [-0.4, -0.2) is 62.0 Å². The van der Waals surface area contributed by atoms with Gasteiger partial charge in [-0.05, 0) is 42.5 Å². The van der Waals surface area contributed by atoms with Crippen molar-refractivity contribution >= 4 is 17.5 Å². The second kappa shape index (κ2) is 13.2. The van der Waals surface area contributed by atoms with Crippen LogP contribution in [0.5, 0.6) is 5.75 Å². The number of amides is 2. The summed E-state index contributed by atoms with van der Waals surface area (Å²) in [6.07, 6.45) is 0.698. The summed E-state index contributed by atoms with van der Waals surface area (Å²) in [7, 11) is 0. The smallest absolute Gasteiger partial charge is 0.406 e. The number of hydrogen-bond acceptors (Lipinski definition) is 5. The number of morpholine rings is 1. The van der Waals surface area contributed by atoms with E-state index in [1.807, 2.05) is 13.8 Å². The Morgan fingerprint density at radius 1 is 1.11 bits per heavy atom. The largest absolute Gasteiger partial charge is 0.573 e. The lowest BCUT2D eigenvalue weighted by atomic mass is 9.89. The molecule has 3 rings (SSSR count). The Kier molecular flexibility index (Phi) is 10.3. The number of alkyl halides is 3. The molecule has 1 aliphatic heterocycles. The second-order valence-corrected chi connectivity index (χ2v) is 10.1. The molecule has 2 amide bonds. The van der Waals surface area contributed by atoms with E-state index in [0.717, 1.165) is 12.8 Å². The minimum absolute atomic E-state index is 0.00293. The van der Waals surface area contributed by atoms with E-state index in [-0.39, 0.29) is 41.9 Å². The standard InChI is InChI=1S/C26H38F3N3O4/c1-18(2)23(17-30-21-7-9-22(10-8-21)36-26(27,28)29)31-25(34)20(15-19-5-3-4-6-19)16-24(33)32-11-13-35-14-12-32/h7-10,18-20,23,30H,3-6,11-17H2,1-2H3,(H,31,34)/t20-,23-/m1/s1. The normalized spacial score (nSPS) is 18.7. The Hall–Kier alpha value is -2.49. The Morgan fingerprint density at radius 2 is 1.75 bits per heavy atom. The van der Waals surface area contributed by atoms with Crippen LogP contribution in [0.4, 0.5) is 18.9 Å². The molecule has 2 aliphatic rings. The van der Waals surface area contributed by atoms with E-state index in [0.29, 0.717) is 50.9 Å². The number of nitrogens with one attached hydrogen (secondary N) is 2. The zero-order chi connectivity index (χ0) is 26.1. The average Bonchev–Trinajstić information content (AvgIpc) is 3.34. The van der Waals surface area contributed by atoms with Crippen LogP contribution in [0, 0.1) is 17.8 Å². The number of nitrogens with zero attached hydrogens (tertiary/aromatic N) is 1. The molecule has 0 unspecified atom stereocenters. The minimum Gasteiger partial charge on any atom is -0.406 e. The van der Waals surface area contributed by atoms with E-state index in [1.54, 1.807) is 4.90 Å². The molecule has 36 heavy (non-hydrogen) atoms. The molecular formula is C26H38F3N3O4. The lowest BCUT2D eigenvalue weighted by molar-refractivity contribution is -0.274. The van der Waals surface area contributed by atoms with Gasteiger partial charge in [-0.3, -0.25) is 9.59 Å². The van der Waals surface area contributed by atoms with Crippen LogP contribution >= 0.6 is 0 Å². The Labute approximate surface area is 211 Å². The number of ether oxygens (including phenoxy) is 2. The molecular weight excluding hydrogens is 475 g/mol. The summed E-state index contributed by atoms with van der Waals surface area (Å²) in [5.41, 5.74) is 0.620. The van der Waals surface area contributed by atoms with E-state index in [1.165, 1.54) is 37.1 Å². The van der Waals surface area contributed by atoms with Gasteiger partial charge in [-0.15, -0.1) is 13.2 Å². The molecule has 1 aromatic carbocycles. The fraction of sp³-hybridized carbons (Fsp3) is 0.692. The summed E-state index contributed by atoms with van der Waals surface area (Å²) < 4.78 is 46.4. The molecule has 0 bridgehead atoms. The van der Waals surface area contributed by atoms with Crippen molar-refractivity contribution in [1.82, 2.24) is 10.2 Å². The molecule has 2 atom stereocenters. The molecule has 10 heteroatoms. The predicted octanol–water partition coefficient (Wildman–Crippen LogP) is 4.58. The highest BCUT2D eigenvalue weighted by molar-refractivity contribution is 5.86. The Balaban J connectivity index is 1.59. The van der Waals surface area contributed by atoms with Crippen molar-refractivity contribution < 1.29 is 32.2 Å². The lowest BCUT2D eigenvalue weighted by Gasteiger charge is -2.30. The van der Waals surface area contributed by atoms with Gasteiger partial charge in [0.2, 0.25) is 11.8 Å². The van der Waals surface area contributed by atoms with E-state index >= 15 is 0 Å². The summed E-state index contributed by atoms with van der Waals surface area (Å²) >= 11 is 0. The van der Waals surface area contributed by atoms with Crippen LogP contribution in [-0.2, 0) is 14.3 Å². The molecule has 1 aromatic rings. The molecule has 0 aromatic heterocycles. The van der Waals surface area contributed by atoms with E-state index in [9.17, 15) is 22.8 Å². The van der Waals surface area contributed by atoms with Crippen LogP contribution in [0.25, 0.3) is 0 Å². The summed E-state index contributed by atoms with van der Waals surface area (Å²) in [6.45, 7) is 6.56. The van der Waals surface area contributed by atoms with Gasteiger partial charge < -0.3 is 25.0 Å². The van der Waals surface area contributed by atoms with Crippen molar-refractivity contribution in [2.75, 3.05) is 38.2 Å². The highest BCUT2D eigenvalue weighted by Gasteiger charge is 2.32. The first kappa shape index (κ1) is 28.1. The zero-order valence-electron chi connectivity index (χ0n) is 21.1. The van der Waals surface area contributed by atoms with Gasteiger partial charge in [-0.25, -0.2) is 0 Å². The molecule has 1 saturated carbocycles. The van der Waals surface area contributed by atoms with Crippen LogP contribution in [0.15, 0.2) is 24.3 Å². The van der Waals surface area contributed by atoms with Gasteiger partial charge in [0, 0.05) is 43.7 Å². The predicted molar refractivity (Wildman–Crippen MR) is 130 cm³/mol. The molecule has 1 aliphatic carbocycles. The van der Waals surface area contributed by atoms with Gasteiger partial charge >= 0.3 is 6.36 Å². The third kappa shape index (κ3) is 9.19. The third-order valence-corrected chi connectivity index (χ3v) is 6.99. The van der Waals surface area contributed by atoms with Crippen molar-refractivity contribution in [3.05, 3.63) is 24.3 Å². The van der Waals surface area contributed by atoms with Crippen LogP contribution < -0.4 is 15.4 Å². The van der Waals surface area contributed by atoms with E-state index in [4.69, 9.17) is 4.74 Å². The van der Waals surface area contributed by atoms with Gasteiger partial charge in [-0.1, -0.05) is 39.5 Å². The van der Waals surface area contributed by atoms with Crippen molar-refractivity contribution in [3.8, 4) is 5.75 Å². The van der Waals surface area contributed by atoms with Gasteiger partial charge in [0.1, 0.15) is 5.75 Å². The first-order valence-corrected chi connectivity index (χ1v) is 12.9. The molecule has 0 spiro atoms. The monoisotopic (exact) mass is 513 g/mol. The summed E-state index contributed by atoms with van der Waals surface area (Å²) in [4.78, 5) is 28.1. The van der Waals surface area contributed by atoms with Gasteiger partial charge in [-0.2, -0.15) is 0 Å². The minimum atomic E-state index is -4.74. The summed E-state index contributed by atoms with van der Waals surface area (Å²) in [5, 5.41) is 6.33. The number of anilines is 1. The van der Waals surface area contributed by atoms with Gasteiger partial charge in [0.25, 0.3) is 0 Å². The van der Waals surface area contributed by atoms with Gasteiger partial charge in [0.05, 0.1) is 13.2 Å². The quantitative estimate of drug-likeness (QED) is 0.453. The van der Waals surface area contributed by atoms with Crippen LogP contribution in [0.1, 0.15) is 52.4 Å². The maximum absolute atomic E-state index is 13.4. The molecule has 0 radical (unpaired) electrons. The summed E-state index contributed by atoms with van der Waals surface area (Å²) in [5.74, 6) is -0.220. The molecule has 1 saturated heterocycles. The molecule has 2 fully saturated rings. The summed E-state index contributed by atoms with van der Waals surface area (Å²) in [6, 6.07) is 5.28. The first-order valence-electron chi connectivity index (χ1n) is 12.9. The molecule has 202 valence electrons.